The molecule has 0 heterocycles. The van der Waals surface area contributed by atoms with Crippen LogP contribution < -0.4 is 10.5 Å². The first-order valence-corrected chi connectivity index (χ1v) is 6.73. The number of rotatable bonds is 6. The zero-order valence-electron chi connectivity index (χ0n) is 11.3. The number of hydrogen-bond donors (Lipinski definition) is 2. The molecule has 0 radical (unpaired) electrons. The average molecular weight is 256 g/mol. The zero-order chi connectivity index (χ0) is 13.7. The van der Waals surface area contributed by atoms with E-state index < -0.39 is 0 Å². The zero-order valence-corrected chi connectivity index (χ0v) is 11.3. The summed E-state index contributed by atoms with van der Waals surface area (Å²) in [5.74, 6) is 0.963. The molecule has 0 saturated heterocycles. The monoisotopic (exact) mass is 256 g/mol. The second-order valence-corrected chi connectivity index (χ2v) is 4.63. The van der Waals surface area contributed by atoms with Gasteiger partial charge in [0.25, 0.3) is 0 Å². The molecule has 0 amide bonds. The highest BCUT2D eigenvalue weighted by Gasteiger charge is 2.08. The maximum absolute atomic E-state index is 7.62. The number of nitrogen functional groups attached to an aromatic ring is 1. The third-order valence-electron chi connectivity index (χ3n) is 3.18. The van der Waals surface area contributed by atoms with Crippen LogP contribution in [-0.4, -0.2) is 12.4 Å². The van der Waals surface area contributed by atoms with Crippen molar-refractivity contribution < 1.29 is 4.74 Å². The Kier molecular flexibility index (Phi) is 4.39. The van der Waals surface area contributed by atoms with Gasteiger partial charge in [0.15, 0.2) is 0 Å². The van der Waals surface area contributed by atoms with E-state index in [-0.39, 0.29) is 5.84 Å². The van der Waals surface area contributed by atoms with Crippen molar-refractivity contribution in [2.24, 2.45) is 5.73 Å². The minimum atomic E-state index is 0.0914. The molecule has 0 saturated carbocycles. The van der Waals surface area contributed by atoms with E-state index in [1.165, 1.54) is 12.8 Å². The Balaban J connectivity index is 2.30. The number of fused-ring (bicyclic) bond motifs is 1. The van der Waals surface area contributed by atoms with Crippen molar-refractivity contribution in [1.82, 2.24) is 0 Å². The third-order valence-corrected chi connectivity index (χ3v) is 3.18. The van der Waals surface area contributed by atoms with Crippen LogP contribution in [-0.2, 0) is 0 Å². The van der Waals surface area contributed by atoms with Crippen LogP contribution in [0.2, 0.25) is 0 Å². The summed E-state index contributed by atoms with van der Waals surface area (Å²) in [4.78, 5) is 0. The quantitative estimate of drug-likeness (QED) is 0.470. The van der Waals surface area contributed by atoms with Crippen LogP contribution in [0.1, 0.15) is 31.7 Å². The number of hydrogen-bond acceptors (Lipinski definition) is 2. The predicted molar refractivity (Wildman–Crippen MR) is 80.0 cm³/mol. The van der Waals surface area contributed by atoms with Gasteiger partial charge in [-0.1, -0.05) is 44.0 Å². The first kappa shape index (κ1) is 13.4. The summed E-state index contributed by atoms with van der Waals surface area (Å²) in [5.41, 5.74) is 6.37. The van der Waals surface area contributed by atoms with Gasteiger partial charge < -0.3 is 10.5 Å². The van der Waals surface area contributed by atoms with Crippen LogP contribution >= 0.6 is 0 Å². The molecule has 0 aromatic heterocycles. The van der Waals surface area contributed by atoms with Crippen molar-refractivity contribution >= 4 is 16.6 Å². The van der Waals surface area contributed by atoms with Crippen molar-refractivity contribution in [3.63, 3.8) is 0 Å². The predicted octanol–water partition coefficient (Wildman–Crippen LogP) is 3.69. The topological polar surface area (TPSA) is 59.1 Å². The van der Waals surface area contributed by atoms with Crippen LogP contribution in [0, 0.1) is 5.41 Å². The molecule has 0 aliphatic heterocycles. The van der Waals surface area contributed by atoms with Gasteiger partial charge in [0.05, 0.1) is 6.61 Å². The van der Waals surface area contributed by atoms with E-state index in [0.717, 1.165) is 35.1 Å². The van der Waals surface area contributed by atoms with Gasteiger partial charge in [-0.3, -0.25) is 5.41 Å². The number of amidine groups is 1. The Bertz CT molecular complexity index is 578. The standard InChI is InChI=1S/C16H20N2O/c1-2-3-6-11-19-15-10-9-14(16(17)18)12-7-4-5-8-13(12)15/h4-5,7-10H,2-3,6,11H2,1H3,(H3,17,18). The minimum Gasteiger partial charge on any atom is -0.493 e. The van der Waals surface area contributed by atoms with E-state index in [0.29, 0.717) is 0 Å². The SMILES string of the molecule is CCCCCOc1ccc(C(=N)N)c2ccccc12. The number of nitrogens with one attached hydrogen (secondary N) is 1. The Labute approximate surface area is 113 Å². The number of benzene rings is 2. The third kappa shape index (κ3) is 3.05. The van der Waals surface area contributed by atoms with Crippen LogP contribution in [0.25, 0.3) is 10.8 Å². The van der Waals surface area contributed by atoms with Crippen LogP contribution in [0.5, 0.6) is 5.75 Å². The second-order valence-electron chi connectivity index (χ2n) is 4.63. The molecule has 0 unspecified atom stereocenters. The van der Waals surface area contributed by atoms with E-state index >= 15 is 0 Å². The largest absolute Gasteiger partial charge is 0.493 e. The van der Waals surface area contributed by atoms with Crippen molar-refractivity contribution in [3.8, 4) is 5.75 Å². The highest BCUT2D eigenvalue weighted by molar-refractivity contribution is 6.09. The summed E-state index contributed by atoms with van der Waals surface area (Å²) in [6, 6.07) is 11.7. The Morgan fingerprint density at radius 1 is 1.11 bits per heavy atom. The maximum atomic E-state index is 7.62. The highest BCUT2D eigenvalue weighted by Crippen LogP contribution is 2.28. The lowest BCUT2D eigenvalue weighted by Gasteiger charge is -2.11. The van der Waals surface area contributed by atoms with Gasteiger partial charge in [-0.25, -0.2) is 0 Å². The second kappa shape index (κ2) is 6.23. The first-order valence-electron chi connectivity index (χ1n) is 6.73. The molecule has 100 valence electrons. The van der Waals surface area contributed by atoms with Gasteiger partial charge in [0, 0.05) is 10.9 Å². The van der Waals surface area contributed by atoms with Gasteiger partial charge in [0.1, 0.15) is 11.6 Å². The van der Waals surface area contributed by atoms with E-state index in [2.05, 4.69) is 6.92 Å². The molecule has 0 aliphatic rings. The van der Waals surface area contributed by atoms with Crippen molar-refractivity contribution in [2.75, 3.05) is 6.61 Å². The minimum absolute atomic E-state index is 0.0914. The molecule has 2 rings (SSSR count). The average Bonchev–Trinajstić information content (AvgIpc) is 2.43. The van der Waals surface area contributed by atoms with Crippen molar-refractivity contribution in [2.45, 2.75) is 26.2 Å². The van der Waals surface area contributed by atoms with Crippen LogP contribution in [0.4, 0.5) is 0 Å². The molecule has 0 bridgehead atoms. The summed E-state index contributed by atoms with van der Waals surface area (Å²) >= 11 is 0. The molecule has 0 spiro atoms. The molecule has 3 heteroatoms. The van der Waals surface area contributed by atoms with Crippen LogP contribution in [0.15, 0.2) is 36.4 Å². The van der Waals surface area contributed by atoms with E-state index in [1.807, 2.05) is 36.4 Å². The molecular weight excluding hydrogens is 236 g/mol. The van der Waals surface area contributed by atoms with E-state index in [4.69, 9.17) is 15.9 Å². The van der Waals surface area contributed by atoms with Gasteiger partial charge in [-0.2, -0.15) is 0 Å². The fraction of sp³-hybridized carbons (Fsp3) is 0.312. The fourth-order valence-electron chi connectivity index (χ4n) is 2.17. The highest BCUT2D eigenvalue weighted by atomic mass is 16.5. The Morgan fingerprint density at radius 2 is 1.84 bits per heavy atom. The summed E-state index contributed by atoms with van der Waals surface area (Å²) in [6.07, 6.45) is 3.44. The molecule has 3 N–H and O–H groups in total. The lowest BCUT2D eigenvalue weighted by Crippen LogP contribution is -2.11. The molecule has 19 heavy (non-hydrogen) atoms. The summed E-state index contributed by atoms with van der Waals surface area (Å²) in [5, 5.41) is 9.61. The van der Waals surface area contributed by atoms with E-state index in [9.17, 15) is 0 Å². The number of nitrogens with two attached hydrogens (primary N) is 1. The molecule has 2 aromatic rings. The maximum Gasteiger partial charge on any atom is 0.127 e. The van der Waals surface area contributed by atoms with Gasteiger partial charge in [-0.05, 0) is 23.9 Å². The summed E-state index contributed by atoms with van der Waals surface area (Å²) in [7, 11) is 0. The van der Waals surface area contributed by atoms with E-state index in [1.54, 1.807) is 0 Å². The van der Waals surface area contributed by atoms with Gasteiger partial charge in [0.2, 0.25) is 0 Å². The lowest BCUT2D eigenvalue weighted by molar-refractivity contribution is 0.310. The molecule has 0 atom stereocenters. The number of unbranched alkanes of at least 4 members (excludes halogenated alkanes) is 2. The molecular formula is C16H20N2O. The van der Waals surface area contributed by atoms with Crippen molar-refractivity contribution in [1.29, 1.82) is 5.41 Å². The fourth-order valence-corrected chi connectivity index (χ4v) is 2.17. The smallest absolute Gasteiger partial charge is 0.127 e. The molecule has 0 aliphatic carbocycles. The van der Waals surface area contributed by atoms with Crippen molar-refractivity contribution in [3.05, 3.63) is 42.0 Å². The normalized spacial score (nSPS) is 10.6. The first-order chi connectivity index (χ1) is 9.24. The lowest BCUT2D eigenvalue weighted by atomic mass is 10.0. The summed E-state index contributed by atoms with van der Waals surface area (Å²) in [6.45, 7) is 2.91. The van der Waals surface area contributed by atoms with Gasteiger partial charge >= 0.3 is 0 Å². The van der Waals surface area contributed by atoms with Gasteiger partial charge in [-0.15, -0.1) is 0 Å². The molecule has 3 nitrogen and oxygen atoms in total. The summed E-state index contributed by atoms with van der Waals surface area (Å²) < 4.78 is 5.84. The number of ether oxygens (including phenoxy) is 1. The Morgan fingerprint density at radius 3 is 2.53 bits per heavy atom. The molecule has 2 aromatic carbocycles. The Hall–Kier alpha value is -2.03. The van der Waals surface area contributed by atoms with Crippen LogP contribution in [0.3, 0.4) is 0 Å². The molecule has 0 fully saturated rings.